The van der Waals surface area contributed by atoms with E-state index in [0.29, 0.717) is 11.7 Å². The fraction of sp³-hybridized carbons (Fsp3) is 0.207. The highest BCUT2D eigenvalue weighted by molar-refractivity contribution is 7.80. The zero-order valence-corrected chi connectivity index (χ0v) is 21.1. The lowest BCUT2D eigenvalue weighted by Crippen LogP contribution is -2.32. The number of pyridine rings is 1. The quantitative estimate of drug-likeness (QED) is 0.308. The van der Waals surface area contributed by atoms with Gasteiger partial charge < -0.3 is 20.0 Å². The molecular weight excluding hydrogens is 468 g/mol. The van der Waals surface area contributed by atoms with Gasteiger partial charge in [0.2, 0.25) is 5.91 Å². The molecule has 5 rings (SSSR count). The number of carbonyl (C=O) groups excluding carboxylic acids is 1. The Morgan fingerprint density at radius 1 is 1.06 bits per heavy atom. The van der Waals surface area contributed by atoms with Gasteiger partial charge in [0.25, 0.3) is 0 Å². The number of thiocarbonyl (C=S) groups is 1. The number of carbonyl (C=O) groups is 1. The van der Waals surface area contributed by atoms with Crippen molar-refractivity contribution in [3.8, 4) is 11.3 Å². The van der Waals surface area contributed by atoms with Gasteiger partial charge in [0.15, 0.2) is 5.11 Å². The van der Waals surface area contributed by atoms with Crippen molar-refractivity contribution in [1.29, 1.82) is 0 Å². The van der Waals surface area contributed by atoms with Crippen molar-refractivity contribution in [2.75, 3.05) is 11.9 Å². The van der Waals surface area contributed by atoms with Crippen LogP contribution in [0.3, 0.4) is 0 Å². The Bertz CT molecular complexity index is 1370. The predicted octanol–water partition coefficient (Wildman–Crippen LogP) is 5.96. The Labute approximate surface area is 216 Å². The molecule has 2 atom stereocenters. The van der Waals surface area contributed by atoms with Crippen molar-refractivity contribution in [3.05, 3.63) is 108 Å². The van der Waals surface area contributed by atoms with E-state index < -0.39 is 0 Å². The number of hydrogen-bond acceptors (Lipinski definition) is 4. The Morgan fingerprint density at radius 2 is 1.86 bits per heavy atom. The molecule has 0 spiro atoms. The van der Waals surface area contributed by atoms with Crippen LogP contribution < -0.4 is 10.6 Å². The number of nitrogens with zero attached hydrogens (tertiary/aromatic N) is 2. The molecule has 6 nitrogen and oxygen atoms in total. The highest BCUT2D eigenvalue weighted by Crippen LogP contribution is 2.40. The Balaban J connectivity index is 1.39. The molecule has 7 heteroatoms. The lowest BCUT2D eigenvalue weighted by Gasteiger charge is -2.26. The van der Waals surface area contributed by atoms with Crippen molar-refractivity contribution in [1.82, 2.24) is 15.2 Å². The molecule has 0 bridgehead atoms. The van der Waals surface area contributed by atoms with Gasteiger partial charge in [-0.15, -0.1) is 0 Å². The number of anilines is 1. The summed E-state index contributed by atoms with van der Waals surface area (Å²) in [6.07, 6.45) is 2.06. The third-order valence-electron chi connectivity index (χ3n) is 6.42. The minimum absolute atomic E-state index is 0.0593. The molecule has 4 aromatic rings. The summed E-state index contributed by atoms with van der Waals surface area (Å²) in [5.74, 6) is 1.50. The molecule has 182 valence electrons. The first-order valence-electron chi connectivity index (χ1n) is 12.0. The van der Waals surface area contributed by atoms with Crippen LogP contribution in [0, 0.1) is 13.8 Å². The van der Waals surface area contributed by atoms with Crippen molar-refractivity contribution in [3.63, 3.8) is 0 Å². The minimum Gasteiger partial charge on any atom is -0.459 e. The monoisotopic (exact) mass is 496 g/mol. The standard InChI is InChI=1S/C29H28N4O2S/c1-19-11-12-20(2)23(18-19)31-26(34)15-17-33-28(27(32-29(33)36)22-10-6-7-16-30-22)25-14-13-24(35-25)21-8-4-3-5-9-21/h3-14,16,18,27-28H,15,17H2,1-2H3,(H,31,34)(H,32,36)/t27-,28+/m0/s1. The molecule has 0 saturated carbocycles. The fourth-order valence-corrected chi connectivity index (χ4v) is 4.86. The van der Waals surface area contributed by atoms with Crippen molar-refractivity contribution >= 4 is 28.9 Å². The number of nitrogens with one attached hydrogen (secondary N) is 2. The van der Waals surface area contributed by atoms with Crippen molar-refractivity contribution in [2.45, 2.75) is 32.4 Å². The second-order valence-electron chi connectivity index (χ2n) is 9.00. The summed E-state index contributed by atoms with van der Waals surface area (Å²) in [6.45, 7) is 4.44. The van der Waals surface area contributed by atoms with Crippen LogP contribution in [0.4, 0.5) is 5.69 Å². The normalized spacial score (nSPS) is 17.2. The van der Waals surface area contributed by atoms with E-state index in [1.807, 2.05) is 97.6 Å². The van der Waals surface area contributed by atoms with E-state index in [9.17, 15) is 4.79 Å². The van der Waals surface area contributed by atoms with Gasteiger partial charge in [0, 0.05) is 30.4 Å². The summed E-state index contributed by atoms with van der Waals surface area (Å²) in [6, 6.07) is 25.4. The fourth-order valence-electron chi connectivity index (χ4n) is 4.53. The number of aryl methyl sites for hydroxylation is 2. The molecule has 1 aliphatic heterocycles. The summed E-state index contributed by atoms with van der Waals surface area (Å²) >= 11 is 5.73. The van der Waals surface area contributed by atoms with Crippen LogP contribution in [0.15, 0.2) is 89.5 Å². The number of aromatic nitrogens is 1. The molecule has 1 aliphatic rings. The average Bonchev–Trinajstić information content (AvgIpc) is 3.50. The molecule has 1 amide bonds. The summed E-state index contributed by atoms with van der Waals surface area (Å²) in [7, 11) is 0. The number of hydrogen-bond donors (Lipinski definition) is 2. The number of furan rings is 1. The predicted molar refractivity (Wildman–Crippen MR) is 145 cm³/mol. The average molecular weight is 497 g/mol. The molecule has 1 saturated heterocycles. The van der Waals surface area contributed by atoms with Gasteiger partial charge in [-0.1, -0.05) is 48.5 Å². The van der Waals surface area contributed by atoms with E-state index in [1.165, 1.54) is 0 Å². The van der Waals surface area contributed by atoms with Crippen LogP contribution in [0.2, 0.25) is 0 Å². The zero-order chi connectivity index (χ0) is 25.1. The molecule has 2 aromatic carbocycles. The second-order valence-corrected chi connectivity index (χ2v) is 9.39. The number of benzene rings is 2. The SMILES string of the molecule is Cc1ccc(C)c(NC(=O)CCN2C(=S)N[C@@H](c3ccccn3)[C@H]2c2ccc(-c3ccccc3)o2)c1. The minimum atomic E-state index is -0.238. The van der Waals surface area contributed by atoms with Crippen LogP contribution in [-0.4, -0.2) is 27.4 Å². The largest absolute Gasteiger partial charge is 0.459 e. The zero-order valence-electron chi connectivity index (χ0n) is 20.3. The van der Waals surface area contributed by atoms with Crippen molar-refractivity contribution in [2.24, 2.45) is 0 Å². The van der Waals surface area contributed by atoms with Gasteiger partial charge in [-0.05, 0) is 67.5 Å². The highest BCUT2D eigenvalue weighted by atomic mass is 32.1. The number of amides is 1. The summed E-state index contributed by atoms with van der Waals surface area (Å²) in [4.78, 5) is 19.5. The van der Waals surface area contributed by atoms with E-state index in [0.717, 1.165) is 39.6 Å². The third-order valence-corrected chi connectivity index (χ3v) is 6.77. The van der Waals surface area contributed by atoms with Crippen LogP contribution in [-0.2, 0) is 4.79 Å². The van der Waals surface area contributed by atoms with Crippen LogP contribution >= 0.6 is 12.2 Å². The summed E-state index contributed by atoms with van der Waals surface area (Å²) < 4.78 is 6.35. The first-order chi connectivity index (χ1) is 17.5. The molecule has 2 N–H and O–H groups in total. The van der Waals surface area contributed by atoms with Crippen molar-refractivity contribution < 1.29 is 9.21 Å². The maximum absolute atomic E-state index is 12.9. The van der Waals surface area contributed by atoms with Crippen LogP contribution in [0.5, 0.6) is 0 Å². The topological polar surface area (TPSA) is 70.4 Å². The van der Waals surface area contributed by atoms with Gasteiger partial charge in [-0.25, -0.2) is 0 Å². The smallest absolute Gasteiger partial charge is 0.226 e. The Hall–Kier alpha value is -3.97. The maximum Gasteiger partial charge on any atom is 0.226 e. The second kappa shape index (κ2) is 10.3. The van der Waals surface area contributed by atoms with E-state index in [2.05, 4.69) is 15.6 Å². The molecule has 0 radical (unpaired) electrons. The molecular formula is C29H28N4O2S. The van der Waals surface area contributed by atoms with Crippen LogP contribution in [0.25, 0.3) is 11.3 Å². The number of rotatable bonds is 7. The molecule has 36 heavy (non-hydrogen) atoms. The molecule has 0 unspecified atom stereocenters. The maximum atomic E-state index is 12.9. The lowest BCUT2D eigenvalue weighted by molar-refractivity contribution is -0.116. The van der Waals surface area contributed by atoms with Gasteiger partial charge in [0.1, 0.15) is 17.6 Å². The summed E-state index contributed by atoms with van der Waals surface area (Å²) in [5, 5.41) is 7.04. The lowest BCUT2D eigenvalue weighted by atomic mass is 10.0. The van der Waals surface area contributed by atoms with Gasteiger partial charge in [0.05, 0.1) is 11.7 Å². The van der Waals surface area contributed by atoms with Gasteiger partial charge in [-0.3, -0.25) is 9.78 Å². The third kappa shape index (κ3) is 5.02. The molecule has 3 heterocycles. The van der Waals surface area contributed by atoms with E-state index in [1.54, 1.807) is 6.20 Å². The highest BCUT2D eigenvalue weighted by Gasteiger charge is 2.41. The Morgan fingerprint density at radius 3 is 2.64 bits per heavy atom. The Kier molecular flexibility index (Phi) is 6.82. The molecule has 0 aliphatic carbocycles. The first kappa shape index (κ1) is 23.8. The van der Waals surface area contributed by atoms with Crippen LogP contribution in [0.1, 0.15) is 41.1 Å². The molecule has 1 fully saturated rings. The first-order valence-corrected chi connectivity index (χ1v) is 12.4. The van der Waals surface area contributed by atoms with E-state index in [-0.39, 0.29) is 24.4 Å². The van der Waals surface area contributed by atoms with E-state index >= 15 is 0 Å². The molecule has 2 aromatic heterocycles. The van der Waals surface area contributed by atoms with Gasteiger partial charge >= 0.3 is 0 Å². The van der Waals surface area contributed by atoms with E-state index in [4.69, 9.17) is 16.6 Å². The van der Waals surface area contributed by atoms with Gasteiger partial charge in [-0.2, -0.15) is 0 Å². The summed E-state index contributed by atoms with van der Waals surface area (Å²) in [5.41, 5.74) is 4.84.